The quantitative estimate of drug-likeness (QED) is 0.156. The molecule has 0 saturated carbocycles. The van der Waals surface area contributed by atoms with E-state index in [4.69, 9.17) is 32.4 Å². The Labute approximate surface area is 234 Å². The van der Waals surface area contributed by atoms with Crippen molar-refractivity contribution in [2.24, 2.45) is 0 Å². The van der Waals surface area contributed by atoms with Crippen molar-refractivity contribution in [2.75, 3.05) is 22.9 Å². The second kappa shape index (κ2) is 10.2. The fraction of sp³-hybridized carbons (Fsp3) is 0.118. The van der Waals surface area contributed by atoms with E-state index in [0.29, 0.717) is 22.7 Å². The van der Waals surface area contributed by atoms with E-state index in [9.17, 15) is 0 Å². The largest absolute Gasteiger partial charge is 0.457 e. The lowest BCUT2D eigenvalue weighted by Gasteiger charge is -2.29. The molecule has 200 valence electrons. The maximum Gasteiger partial charge on any atom is 0.133 e. The van der Waals surface area contributed by atoms with E-state index in [2.05, 4.69) is 42.5 Å². The van der Waals surface area contributed by atoms with E-state index < -0.39 is 0 Å². The monoisotopic (exact) mass is 528 g/mol. The third kappa shape index (κ3) is 4.64. The summed E-state index contributed by atoms with van der Waals surface area (Å²) in [7, 11) is 0. The van der Waals surface area contributed by atoms with Gasteiger partial charge >= 0.3 is 0 Å². The lowest BCUT2D eigenvalue weighted by Crippen LogP contribution is -2.12. The molecule has 4 aromatic carbocycles. The molecule has 40 heavy (non-hydrogen) atoms. The number of fused-ring (bicyclic) bond motifs is 4. The summed E-state index contributed by atoms with van der Waals surface area (Å²) in [5.41, 5.74) is 32.4. The highest BCUT2D eigenvalue weighted by molar-refractivity contribution is 5.65. The first-order valence-corrected chi connectivity index (χ1v) is 13.3. The van der Waals surface area contributed by atoms with Gasteiger partial charge in [0.2, 0.25) is 0 Å². The normalized spacial score (nSPS) is 14.8. The predicted octanol–water partition coefficient (Wildman–Crippen LogP) is 7.64. The number of anilines is 4. The summed E-state index contributed by atoms with van der Waals surface area (Å²) < 4.78 is 12.4. The lowest BCUT2D eigenvalue weighted by molar-refractivity contribution is 0.446. The van der Waals surface area contributed by atoms with Crippen LogP contribution in [0.3, 0.4) is 0 Å². The lowest BCUT2D eigenvalue weighted by atomic mass is 9.81. The van der Waals surface area contributed by atoms with E-state index >= 15 is 0 Å². The van der Waals surface area contributed by atoms with Gasteiger partial charge in [0.05, 0.1) is 0 Å². The van der Waals surface area contributed by atoms with Crippen LogP contribution in [0.25, 0.3) is 0 Å². The summed E-state index contributed by atoms with van der Waals surface area (Å²) in [5.74, 6) is 3.13. The second-order valence-corrected chi connectivity index (χ2v) is 10.2. The molecule has 2 heterocycles. The first-order valence-electron chi connectivity index (χ1n) is 13.3. The fourth-order valence-electron chi connectivity index (χ4n) is 5.63. The summed E-state index contributed by atoms with van der Waals surface area (Å²) in [6.07, 6.45) is 11.5. The van der Waals surface area contributed by atoms with Crippen molar-refractivity contribution in [2.45, 2.75) is 25.2 Å². The van der Waals surface area contributed by atoms with Crippen molar-refractivity contribution < 1.29 is 9.47 Å². The van der Waals surface area contributed by atoms with Crippen molar-refractivity contribution in [3.8, 4) is 23.0 Å². The topological polar surface area (TPSA) is 123 Å². The molecule has 0 aromatic heterocycles. The summed E-state index contributed by atoms with van der Waals surface area (Å²) in [4.78, 5) is 0. The average molecular weight is 529 g/mol. The van der Waals surface area contributed by atoms with Gasteiger partial charge in [-0.2, -0.15) is 0 Å². The average Bonchev–Trinajstić information content (AvgIpc) is 2.92. The van der Waals surface area contributed by atoms with Crippen LogP contribution in [-0.2, 0) is 0 Å². The minimum Gasteiger partial charge on any atom is -0.457 e. The third-order valence-corrected chi connectivity index (χ3v) is 7.45. The summed E-state index contributed by atoms with van der Waals surface area (Å²) in [6, 6.07) is 23.4. The first-order chi connectivity index (χ1) is 19.4. The van der Waals surface area contributed by atoms with Crippen LogP contribution >= 0.6 is 0 Å². The maximum atomic E-state index is 6.23. The molecule has 0 radical (unpaired) electrons. The molecule has 8 N–H and O–H groups in total. The molecule has 0 atom stereocenters. The summed E-state index contributed by atoms with van der Waals surface area (Å²) in [5, 5.41) is 0. The zero-order valence-corrected chi connectivity index (χ0v) is 22.3. The van der Waals surface area contributed by atoms with Gasteiger partial charge in [0.15, 0.2) is 0 Å². The Hall–Kier alpha value is -5.10. The fourth-order valence-corrected chi connectivity index (χ4v) is 5.63. The predicted molar refractivity (Wildman–Crippen MR) is 164 cm³/mol. The number of benzene rings is 4. The molecular weight excluding hydrogens is 496 g/mol. The third-order valence-electron chi connectivity index (χ3n) is 7.45. The second-order valence-electron chi connectivity index (χ2n) is 10.2. The van der Waals surface area contributed by atoms with E-state index in [1.807, 2.05) is 67.6 Å². The van der Waals surface area contributed by atoms with Gasteiger partial charge in [-0.3, -0.25) is 0 Å². The summed E-state index contributed by atoms with van der Waals surface area (Å²) in [6.45, 7) is 2.03. The van der Waals surface area contributed by atoms with Crippen molar-refractivity contribution in [3.05, 3.63) is 131 Å². The standard InChI is InChI=1S/C34H32N4O2/c1-2-5-20(34-28-14-10-23(37)18-32(28)40-33-19-24(38)11-15-29(33)34)6-3-4-7-25-26-12-8-21(35)16-30(26)39-31-17-22(36)9-13-27(25)31/h2-6,8-19,25,34H,7,35-38H2,1H3/b4-3-,5-2-,20-6+. The molecule has 0 amide bonds. The molecule has 0 saturated heterocycles. The highest BCUT2D eigenvalue weighted by Crippen LogP contribution is 2.49. The highest BCUT2D eigenvalue weighted by Gasteiger charge is 2.30. The molecule has 0 unspecified atom stereocenters. The van der Waals surface area contributed by atoms with E-state index in [-0.39, 0.29) is 11.8 Å². The Balaban J connectivity index is 1.36. The van der Waals surface area contributed by atoms with Crippen molar-refractivity contribution in [1.29, 1.82) is 0 Å². The van der Waals surface area contributed by atoms with Crippen LogP contribution in [0, 0.1) is 0 Å². The molecule has 0 fully saturated rings. The van der Waals surface area contributed by atoms with Gasteiger partial charge in [0.25, 0.3) is 0 Å². The van der Waals surface area contributed by atoms with Gasteiger partial charge in [-0.1, -0.05) is 54.6 Å². The van der Waals surface area contributed by atoms with Crippen LogP contribution in [0.1, 0.15) is 47.4 Å². The van der Waals surface area contributed by atoms with Gasteiger partial charge in [-0.05, 0) is 43.2 Å². The minimum atomic E-state index is -0.0312. The molecule has 0 spiro atoms. The minimum absolute atomic E-state index is 0.0312. The number of hydrogen-bond acceptors (Lipinski definition) is 6. The molecule has 2 aliphatic rings. The maximum absolute atomic E-state index is 6.23. The number of nitrogen functional groups attached to an aromatic ring is 4. The SMILES string of the molecule is C\C=C/C(=C\C=C/CC1c2ccc(N)cc2Oc2cc(N)ccc21)C1c2ccc(N)cc2Oc2cc(N)ccc21. The molecule has 4 aromatic rings. The number of allylic oxidation sites excluding steroid dienone is 6. The number of rotatable bonds is 5. The van der Waals surface area contributed by atoms with E-state index in [1.54, 1.807) is 0 Å². The zero-order chi connectivity index (χ0) is 27.8. The van der Waals surface area contributed by atoms with Crippen LogP contribution in [0.5, 0.6) is 23.0 Å². The summed E-state index contributed by atoms with van der Waals surface area (Å²) >= 11 is 0. The van der Waals surface area contributed by atoms with Crippen LogP contribution < -0.4 is 32.4 Å². The van der Waals surface area contributed by atoms with Crippen LogP contribution in [0.15, 0.2) is 109 Å². The first kappa shape index (κ1) is 25.2. The van der Waals surface area contributed by atoms with Crippen molar-refractivity contribution >= 4 is 22.7 Å². The number of ether oxygens (including phenoxy) is 2. The van der Waals surface area contributed by atoms with Gasteiger partial charge in [-0.15, -0.1) is 0 Å². The Kier molecular flexibility index (Phi) is 6.44. The van der Waals surface area contributed by atoms with Gasteiger partial charge in [-0.25, -0.2) is 0 Å². The van der Waals surface area contributed by atoms with E-state index in [0.717, 1.165) is 57.2 Å². The Morgan fingerprint density at radius 3 is 1.52 bits per heavy atom. The Bertz CT molecular complexity index is 1600. The van der Waals surface area contributed by atoms with Crippen LogP contribution in [0.2, 0.25) is 0 Å². The molecular formula is C34H32N4O2. The number of hydrogen-bond donors (Lipinski definition) is 4. The molecule has 6 nitrogen and oxygen atoms in total. The van der Waals surface area contributed by atoms with Crippen LogP contribution in [0.4, 0.5) is 22.7 Å². The van der Waals surface area contributed by atoms with Crippen molar-refractivity contribution in [1.82, 2.24) is 0 Å². The molecule has 6 rings (SSSR count). The van der Waals surface area contributed by atoms with Gasteiger partial charge < -0.3 is 32.4 Å². The van der Waals surface area contributed by atoms with Crippen LogP contribution in [-0.4, -0.2) is 0 Å². The van der Waals surface area contributed by atoms with Gasteiger partial charge in [0, 0.05) is 81.1 Å². The number of nitrogens with two attached hydrogens (primary N) is 4. The zero-order valence-electron chi connectivity index (χ0n) is 22.3. The molecule has 0 aliphatic carbocycles. The van der Waals surface area contributed by atoms with Gasteiger partial charge in [0.1, 0.15) is 23.0 Å². The van der Waals surface area contributed by atoms with Crippen molar-refractivity contribution in [3.63, 3.8) is 0 Å². The molecule has 6 heteroatoms. The van der Waals surface area contributed by atoms with E-state index in [1.165, 1.54) is 0 Å². The highest BCUT2D eigenvalue weighted by atomic mass is 16.5. The molecule has 0 bridgehead atoms. The smallest absolute Gasteiger partial charge is 0.133 e. The Morgan fingerprint density at radius 1 is 0.650 bits per heavy atom. The Morgan fingerprint density at radius 2 is 1.07 bits per heavy atom. The molecule has 2 aliphatic heterocycles.